The Hall–Kier alpha value is -2.44. The Labute approximate surface area is 149 Å². The molecule has 132 valence electrons. The molecule has 2 aromatic rings. The van der Waals surface area contributed by atoms with Gasteiger partial charge in [-0.1, -0.05) is 42.5 Å². The largest absolute Gasteiger partial charge is 0.480 e. The highest BCUT2D eigenvalue weighted by Gasteiger charge is 2.25. The van der Waals surface area contributed by atoms with E-state index in [9.17, 15) is 19.1 Å². The number of carboxylic acid groups (broad SMARTS) is 1. The third-order valence-electron chi connectivity index (χ3n) is 3.70. The number of carboxylic acids is 1. The summed E-state index contributed by atoms with van der Waals surface area (Å²) in [5, 5.41) is 11.8. The molecule has 2 atom stereocenters. The zero-order chi connectivity index (χ0) is 18.2. The number of carbonyl (C=O) groups excluding carboxylic acids is 1. The lowest BCUT2D eigenvalue weighted by Gasteiger charge is -2.19. The fraction of sp³-hybridized carbons (Fsp3) is 0.222. The van der Waals surface area contributed by atoms with E-state index in [0.717, 1.165) is 5.56 Å². The molecule has 2 rings (SSSR count). The van der Waals surface area contributed by atoms with Gasteiger partial charge < -0.3 is 10.4 Å². The van der Waals surface area contributed by atoms with Gasteiger partial charge in [0.15, 0.2) is 0 Å². The summed E-state index contributed by atoms with van der Waals surface area (Å²) < 4.78 is 12.9. The molecule has 0 fully saturated rings. The zero-order valence-electron chi connectivity index (χ0n) is 13.3. The molecule has 0 heterocycles. The van der Waals surface area contributed by atoms with E-state index in [1.807, 2.05) is 30.3 Å². The molecule has 3 N–H and O–H groups in total. The Morgan fingerprint density at radius 2 is 1.52 bits per heavy atom. The highest BCUT2D eigenvalue weighted by molar-refractivity contribution is 6.15. The number of benzene rings is 2. The van der Waals surface area contributed by atoms with Gasteiger partial charge in [0.25, 0.3) is 0 Å². The van der Waals surface area contributed by atoms with Crippen molar-refractivity contribution in [3.63, 3.8) is 0 Å². The number of nitrogens with one attached hydrogen (secondary N) is 2. The number of hydrogen-bond acceptors (Lipinski definition) is 3. The molecule has 7 heteroatoms. The van der Waals surface area contributed by atoms with E-state index in [2.05, 4.69) is 10.2 Å². The third-order valence-corrected chi connectivity index (χ3v) is 3.96. The van der Waals surface area contributed by atoms with Crippen LogP contribution in [0.5, 0.6) is 0 Å². The fourth-order valence-electron chi connectivity index (χ4n) is 2.36. The molecular formula is C18H18ClFN2O3. The van der Waals surface area contributed by atoms with Crippen LogP contribution in [0.3, 0.4) is 0 Å². The van der Waals surface area contributed by atoms with Crippen LogP contribution in [0.25, 0.3) is 0 Å². The first-order valence-electron chi connectivity index (χ1n) is 7.67. The van der Waals surface area contributed by atoms with Gasteiger partial charge in [0.1, 0.15) is 17.9 Å². The summed E-state index contributed by atoms with van der Waals surface area (Å²) in [5.74, 6) is -2.10. The van der Waals surface area contributed by atoms with Crippen molar-refractivity contribution in [3.05, 3.63) is 71.5 Å². The smallest absolute Gasteiger partial charge is 0.326 e. The van der Waals surface area contributed by atoms with Gasteiger partial charge in [0.2, 0.25) is 5.91 Å². The second kappa shape index (κ2) is 9.15. The summed E-state index contributed by atoms with van der Waals surface area (Å²) in [7, 11) is 0. The number of rotatable bonds is 8. The minimum atomic E-state index is -1.18. The maximum absolute atomic E-state index is 12.9. The fourth-order valence-corrected chi connectivity index (χ4v) is 2.54. The number of aliphatic carboxylic acids is 1. The molecule has 0 aliphatic rings. The van der Waals surface area contributed by atoms with Crippen molar-refractivity contribution in [3.8, 4) is 0 Å². The van der Waals surface area contributed by atoms with Crippen molar-refractivity contribution in [2.75, 3.05) is 0 Å². The van der Waals surface area contributed by atoms with Gasteiger partial charge in [-0.3, -0.25) is 4.79 Å². The van der Waals surface area contributed by atoms with Gasteiger partial charge in [0.05, 0.1) is 0 Å². The van der Waals surface area contributed by atoms with Crippen molar-refractivity contribution in [1.29, 1.82) is 0 Å². The van der Waals surface area contributed by atoms with E-state index in [-0.39, 0.29) is 6.42 Å². The summed E-state index contributed by atoms with van der Waals surface area (Å²) in [5.41, 5.74) is 1.49. The number of carbonyl (C=O) groups is 2. The van der Waals surface area contributed by atoms with Crippen LogP contribution in [-0.4, -0.2) is 29.1 Å². The Morgan fingerprint density at radius 1 is 0.960 bits per heavy atom. The van der Waals surface area contributed by atoms with Gasteiger partial charge in [-0.25, -0.2) is 14.0 Å². The minimum absolute atomic E-state index is 0.0433. The molecule has 25 heavy (non-hydrogen) atoms. The number of amides is 1. The average molecular weight is 365 g/mol. The van der Waals surface area contributed by atoms with E-state index in [1.165, 1.54) is 24.3 Å². The molecule has 2 aromatic carbocycles. The Balaban J connectivity index is 2.02. The van der Waals surface area contributed by atoms with Crippen LogP contribution in [0.1, 0.15) is 11.1 Å². The molecule has 1 amide bonds. The van der Waals surface area contributed by atoms with Crippen LogP contribution in [0.2, 0.25) is 0 Å². The van der Waals surface area contributed by atoms with Crippen LogP contribution in [0.4, 0.5) is 4.39 Å². The summed E-state index contributed by atoms with van der Waals surface area (Å²) in [6.07, 6.45) is 0.362. The van der Waals surface area contributed by atoms with Crippen molar-refractivity contribution in [2.24, 2.45) is 0 Å². The minimum Gasteiger partial charge on any atom is -0.480 e. The van der Waals surface area contributed by atoms with Crippen LogP contribution in [0, 0.1) is 5.82 Å². The Kier molecular flexibility index (Phi) is 6.91. The molecule has 0 spiro atoms. The van der Waals surface area contributed by atoms with Crippen molar-refractivity contribution < 1.29 is 19.1 Å². The summed E-state index contributed by atoms with van der Waals surface area (Å²) in [4.78, 5) is 26.2. The van der Waals surface area contributed by atoms with E-state index in [1.54, 1.807) is 0 Å². The van der Waals surface area contributed by atoms with Crippen molar-refractivity contribution in [2.45, 2.75) is 24.9 Å². The number of hydrogen-bond donors (Lipinski definition) is 3. The highest BCUT2D eigenvalue weighted by Crippen LogP contribution is 2.08. The molecule has 0 aliphatic heterocycles. The topological polar surface area (TPSA) is 78.4 Å². The molecular weight excluding hydrogens is 347 g/mol. The van der Waals surface area contributed by atoms with E-state index < -0.39 is 29.8 Å². The average Bonchev–Trinajstić information content (AvgIpc) is 2.61. The van der Waals surface area contributed by atoms with E-state index in [0.29, 0.717) is 12.0 Å². The summed E-state index contributed by atoms with van der Waals surface area (Å²) in [6, 6.07) is 12.8. The van der Waals surface area contributed by atoms with Gasteiger partial charge in [-0.2, -0.15) is 0 Å². The Morgan fingerprint density at radius 3 is 2.08 bits per heavy atom. The van der Waals surface area contributed by atoms with Crippen LogP contribution in [-0.2, 0) is 22.4 Å². The lowest BCUT2D eigenvalue weighted by Crippen LogP contribution is -2.50. The quantitative estimate of drug-likeness (QED) is 0.628. The van der Waals surface area contributed by atoms with Gasteiger partial charge in [0, 0.05) is 6.42 Å². The van der Waals surface area contributed by atoms with E-state index >= 15 is 0 Å². The molecule has 0 bridgehead atoms. The van der Waals surface area contributed by atoms with E-state index in [4.69, 9.17) is 11.8 Å². The molecule has 0 saturated carbocycles. The molecule has 5 nitrogen and oxygen atoms in total. The maximum atomic E-state index is 12.9. The van der Waals surface area contributed by atoms with Crippen molar-refractivity contribution in [1.82, 2.24) is 10.2 Å². The summed E-state index contributed by atoms with van der Waals surface area (Å²) in [6.45, 7) is 0. The number of halogens is 2. The van der Waals surface area contributed by atoms with Crippen molar-refractivity contribution >= 4 is 23.7 Å². The second-order valence-corrected chi connectivity index (χ2v) is 5.80. The normalized spacial score (nSPS) is 13.0. The van der Waals surface area contributed by atoms with Crippen LogP contribution < -0.4 is 10.2 Å². The molecule has 0 radical (unpaired) electrons. The monoisotopic (exact) mass is 364 g/mol. The SMILES string of the molecule is O=C(O)[C@H](Cc1ccc(F)cc1)NC(=O)[C@H](Cc1ccccc1)NCl. The molecule has 0 aromatic heterocycles. The lowest BCUT2D eigenvalue weighted by molar-refractivity contribution is -0.142. The Bertz CT molecular complexity index is 710. The van der Waals surface area contributed by atoms with Gasteiger partial charge >= 0.3 is 5.97 Å². The van der Waals surface area contributed by atoms with Gasteiger partial charge in [-0.05, 0) is 41.5 Å². The standard InChI is InChI=1S/C18H18ClFN2O3/c19-22-15(10-12-4-2-1-3-5-12)17(23)21-16(18(24)25)11-13-6-8-14(20)9-7-13/h1-9,15-16,22H,10-11H2,(H,21,23)(H,24,25)/t15-,16-/m0/s1. The van der Waals surface area contributed by atoms with Crippen LogP contribution >= 0.6 is 11.8 Å². The second-order valence-electron chi connectivity index (χ2n) is 5.58. The first-order valence-corrected chi connectivity index (χ1v) is 8.05. The first kappa shape index (κ1) is 18.9. The molecule has 0 unspecified atom stereocenters. The highest BCUT2D eigenvalue weighted by atomic mass is 35.5. The first-order chi connectivity index (χ1) is 12.0. The maximum Gasteiger partial charge on any atom is 0.326 e. The zero-order valence-corrected chi connectivity index (χ0v) is 14.0. The third kappa shape index (κ3) is 5.85. The molecule has 0 aliphatic carbocycles. The molecule has 0 saturated heterocycles. The predicted molar refractivity (Wildman–Crippen MR) is 92.6 cm³/mol. The predicted octanol–water partition coefficient (Wildman–Crippen LogP) is 2.29. The van der Waals surface area contributed by atoms with Crippen LogP contribution in [0.15, 0.2) is 54.6 Å². The lowest BCUT2D eigenvalue weighted by atomic mass is 10.0. The summed E-state index contributed by atoms with van der Waals surface area (Å²) >= 11 is 5.65. The van der Waals surface area contributed by atoms with Gasteiger partial charge in [-0.15, -0.1) is 0 Å².